The van der Waals surface area contributed by atoms with Crippen LogP contribution in [0.3, 0.4) is 0 Å². The molecule has 10 aromatic rings. The molecule has 10 rings (SSSR count). The fourth-order valence-corrected chi connectivity index (χ4v) is 7.24. The van der Waals surface area contributed by atoms with E-state index in [-0.39, 0.29) is 0 Å². The predicted octanol–water partition coefficient (Wildman–Crippen LogP) is 11.8. The minimum Gasteiger partial charge on any atom is -0.248 e. The van der Waals surface area contributed by atoms with Crippen molar-refractivity contribution < 1.29 is 0 Å². The number of aromatic nitrogens is 3. The van der Waals surface area contributed by atoms with E-state index in [0.717, 1.165) is 66.5 Å². The van der Waals surface area contributed by atoms with Gasteiger partial charge in [0, 0.05) is 32.8 Å². The van der Waals surface area contributed by atoms with Gasteiger partial charge in [0.1, 0.15) is 0 Å². The molecule has 0 aliphatic carbocycles. The molecule has 0 bridgehead atoms. The van der Waals surface area contributed by atoms with Gasteiger partial charge in [-0.05, 0) is 74.8 Å². The van der Waals surface area contributed by atoms with E-state index >= 15 is 0 Å². The number of pyridine rings is 3. The van der Waals surface area contributed by atoms with Crippen LogP contribution in [0.1, 0.15) is 0 Å². The second-order valence-electron chi connectivity index (χ2n) is 12.4. The van der Waals surface area contributed by atoms with E-state index in [9.17, 15) is 0 Å². The second-order valence-corrected chi connectivity index (χ2v) is 12.4. The molecule has 0 radical (unpaired) electrons. The van der Waals surface area contributed by atoms with Gasteiger partial charge in [-0.15, -0.1) is 0 Å². The summed E-state index contributed by atoms with van der Waals surface area (Å²) in [5, 5.41) is 10.3. The van der Waals surface area contributed by atoms with Crippen LogP contribution in [0.4, 0.5) is 0 Å². The van der Waals surface area contributed by atoms with E-state index in [1.54, 1.807) is 0 Å². The number of nitrogens with zero attached hydrogens (tertiary/aromatic N) is 3. The van der Waals surface area contributed by atoms with E-state index < -0.39 is 0 Å². The van der Waals surface area contributed by atoms with Crippen LogP contribution in [0.5, 0.6) is 0 Å². The zero-order chi connectivity index (χ0) is 31.6. The summed E-state index contributed by atoms with van der Waals surface area (Å²) >= 11 is 0. The van der Waals surface area contributed by atoms with Crippen LogP contribution in [-0.4, -0.2) is 15.0 Å². The van der Waals surface area contributed by atoms with Crippen molar-refractivity contribution in [3.05, 3.63) is 164 Å². The molecule has 3 aromatic heterocycles. The molecule has 0 spiro atoms. The zero-order valence-corrected chi connectivity index (χ0v) is 25.9. The molecule has 3 nitrogen and oxygen atoms in total. The molecule has 0 aliphatic heterocycles. The van der Waals surface area contributed by atoms with E-state index in [1.807, 2.05) is 0 Å². The van der Waals surface area contributed by atoms with Gasteiger partial charge in [0.2, 0.25) is 0 Å². The molecule has 222 valence electrons. The average Bonchev–Trinajstić information content (AvgIpc) is 3.15. The SMILES string of the molecule is c1ccc2cc3nc(-c4cc5ccc(-c6cccc7ccccc67)nc5c5nc(-c6cccc7ccccc67)ccc45)ccc3cc2c1. The van der Waals surface area contributed by atoms with Gasteiger partial charge in [-0.3, -0.25) is 0 Å². The molecule has 0 fully saturated rings. The quantitative estimate of drug-likeness (QED) is 0.148. The highest BCUT2D eigenvalue weighted by atomic mass is 14.8. The van der Waals surface area contributed by atoms with Crippen molar-refractivity contribution in [1.29, 1.82) is 0 Å². The van der Waals surface area contributed by atoms with Crippen molar-refractivity contribution in [3.8, 4) is 33.8 Å². The Bertz CT molecular complexity index is 2900. The molecule has 0 aliphatic rings. The molecule has 0 amide bonds. The predicted molar refractivity (Wildman–Crippen MR) is 201 cm³/mol. The maximum absolute atomic E-state index is 5.42. The summed E-state index contributed by atoms with van der Waals surface area (Å²) in [6.07, 6.45) is 0. The Kier molecular flexibility index (Phi) is 5.87. The van der Waals surface area contributed by atoms with Crippen LogP contribution < -0.4 is 0 Å². The van der Waals surface area contributed by atoms with Crippen molar-refractivity contribution in [2.24, 2.45) is 0 Å². The summed E-state index contributed by atoms with van der Waals surface area (Å²) in [4.78, 5) is 16.0. The lowest BCUT2D eigenvalue weighted by Crippen LogP contribution is -1.95. The highest BCUT2D eigenvalue weighted by molar-refractivity contribution is 6.12. The van der Waals surface area contributed by atoms with Gasteiger partial charge in [-0.1, -0.05) is 121 Å². The maximum atomic E-state index is 5.42. The fraction of sp³-hybridized carbons (Fsp3) is 0. The Morgan fingerprint density at radius 1 is 0.271 bits per heavy atom. The second kappa shape index (κ2) is 10.5. The third-order valence-electron chi connectivity index (χ3n) is 9.60. The summed E-state index contributed by atoms with van der Waals surface area (Å²) in [5.74, 6) is 0. The van der Waals surface area contributed by atoms with Crippen molar-refractivity contribution >= 4 is 65.0 Å². The smallest absolute Gasteiger partial charge is 0.0979 e. The molecule has 48 heavy (non-hydrogen) atoms. The third-order valence-corrected chi connectivity index (χ3v) is 9.60. The van der Waals surface area contributed by atoms with Crippen LogP contribution in [0.15, 0.2) is 164 Å². The summed E-state index contributed by atoms with van der Waals surface area (Å²) in [6.45, 7) is 0. The van der Waals surface area contributed by atoms with Crippen LogP contribution in [0, 0.1) is 0 Å². The Morgan fingerprint density at radius 3 is 1.48 bits per heavy atom. The maximum Gasteiger partial charge on any atom is 0.0979 e. The Hall–Kier alpha value is -6.45. The number of rotatable bonds is 3. The van der Waals surface area contributed by atoms with Gasteiger partial charge in [-0.25, -0.2) is 15.0 Å². The first-order valence-electron chi connectivity index (χ1n) is 16.3. The first-order valence-corrected chi connectivity index (χ1v) is 16.3. The average molecular weight is 610 g/mol. The lowest BCUT2D eigenvalue weighted by Gasteiger charge is -2.14. The normalized spacial score (nSPS) is 11.8. The standard InChI is InChI=1S/C45H27N3/c1-2-12-31-27-43-32(25-30(31)11-1)19-22-42(46-43)39-26-33-20-23-40(36-17-7-13-28-9-3-5-15-34(28)36)47-44(33)45-38(39)21-24-41(48-45)37-18-8-14-29-10-4-6-16-35(29)37/h1-27H. The summed E-state index contributed by atoms with van der Waals surface area (Å²) < 4.78 is 0. The molecule has 3 heterocycles. The lowest BCUT2D eigenvalue weighted by atomic mass is 9.96. The van der Waals surface area contributed by atoms with Crippen molar-refractivity contribution in [1.82, 2.24) is 15.0 Å². The van der Waals surface area contributed by atoms with E-state index in [4.69, 9.17) is 15.0 Å². The number of benzene rings is 7. The highest BCUT2D eigenvalue weighted by Crippen LogP contribution is 2.38. The van der Waals surface area contributed by atoms with Crippen LogP contribution in [-0.2, 0) is 0 Å². The van der Waals surface area contributed by atoms with E-state index in [2.05, 4.69) is 164 Å². The van der Waals surface area contributed by atoms with Gasteiger partial charge >= 0.3 is 0 Å². The van der Waals surface area contributed by atoms with Crippen molar-refractivity contribution in [2.75, 3.05) is 0 Å². The van der Waals surface area contributed by atoms with E-state index in [0.29, 0.717) is 0 Å². The number of hydrogen-bond donors (Lipinski definition) is 0. The van der Waals surface area contributed by atoms with Gasteiger partial charge < -0.3 is 0 Å². The minimum atomic E-state index is 0.871. The van der Waals surface area contributed by atoms with Gasteiger partial charge in [0.05, 0.1) is 33.6 Å². The van der Waals surface area contributed by atoms with Crippen molar-refractivity contribution in [3.63, 3.8) is 0 Å². The molecule has 0 saturated carbocycles. The molecule has 0 N–H and O–H groups in total. The zero-order valence-electron chi connectivity index (χ0n) is 25.9. The molecular formula is C45H27N3. The minimum absolute atomic E-state index is 0.871. The molecule has 0 atom stereocenters. The molecule has 0 saturated heterocycles. The number of fused-ring (bicyclic) bond motifs is 7. The van der Waals surface area contributed by atoms with Crippen LogP contribution in [0.25, 0.3) is 98.8 Å². The number of hydrogen-bond acceptors (Lipinski definition) is 3. The van der Waals surface area contributed by atoms with E-state index in [1.165, 1.54) is 32.3 Å². The summed E-state index contributed by atoms with van der Waals surface area (Å²) in [5.41, 5.74) is 8.77. The summed E-state index contributed by atoms with van der Waals surface area (Å²) in [7, 11) is 0. The van der Waals surface area contributed by atoms with Gasteiger partial charge in [-0.2, -0.15) is 0 Å². The summed E-state index contributed by atoms with van der Waals surface area (Å²) in [6, 6.07) is 57.9. The fourth-order valence-electron chi connectivity index (χ4n) is 7.24. The van der Waals surface area contributed by atoms with Crippen LogP contribution in [0.2, 0.25) is 0 Å². The largest absolute Gasteiger partial charge is 0.248 e. The van der Waals surface area contributed by atoms with Gasteiger partial charge in [0.15, 0.2) is 0 Å². The Morgan fingerprint density at radius 2 is 0.792 bits per heavy atom. The first kappa shape index (κ1) is 26.7. The third kappa shape index (κ3) is 4.25. The van der Waals surface area contributed by atoms with Crippen molar-refractivity contribution in [2.45, 2.75) is 0 Å². The molecule has 7 aromatic carbocycles. The molecular weight excluding hydrogens is 583 g/mol. The van der Waals surface area contributed by atoms with Crippen LogP contribution >= 0.6 is 0 Å². The monoisotopic (exact) mass is 609 g/mol. The lowest BCUT2D eigenvalue weighted by molar-refractivity contribution is 1.36. The molecule has 0 unspecified atom stereocenters. The Labute approximate surface area is 276 Å². The Balaban J connectivity index is 1.25. The van der Waals surface area contributed by atoms with Gasteiger partial charge in [0.25, 0.3) is 0 Å². The molecule has 3 heteroatoms. The first-order chi connectivity index (χ1) is 23.8. The highest BCUT2D eigenvalue weighted by Gasteiger charge is 2.16. The topological polar surface area (TPSA) is 38.7 Å².